The number of Topliss-reactive ketones (excluding diaryl/α,β-unsaturated/α-hetero) is 1. The van der Waals surface area contributed by atoms with Gasteiger partial charge in [0.2, 0.25) is 18.6 Å². The van der Waals surface area contributed by atoms with Crippen molar-refractivity contribution in [1.29, 1.82) is 5.26 Å². The van der Waals surface area contributed by atoms with Crippen LogP contribution in [0, 0.1) is 31.1 Å². The highest BCUT2D eigenvalue weighted by Gasteiger charge is 2.40. The van der Waals surface area contributed by atoms with Crippen LogP contribution < -0.4 is 34.0 Å². The zero-order chi connectivity index (χ0) is 105. The topological polar surface area (TPSA) is 267 Å². The number of fused-ring (bicyclic) bond motifs is 4. The van der Waals surface area contributed by atoms with Gasteiger partial charge in [0.1, 0.15) is 11.5 Å². The van der Waals surface area contributed by atoms with E-state index in [1.807, 2.05) is 160 Å². The molecule has 2 amide bonds. The van der Waals surface area contributed by atoms with Crippen LogP contribution in [0.5, 0.6) is 28.7 Å². The van der Waals surface area contributed by atoms with Crippen molar-refractivity contribution in [2.75, 3.05) is 119 Å². The lowest BCUT2D eigenvalue weighted by Gasteiger charge is -2.36. The van der Waals surface area contributed by atoms with Crippen LogP contribution in [-0.4, -0.2) is 207 Å². The molecule has 7 aliphatic rings. The van der Waals surface area contributed by atoms with Gasteiger partial charge in [0, 0.05) is 194 Å². The molecule has 19 rings (SSSR count). The number of piperazine rings is 2. The average Bonchev–Trinajstić information content (AvgIpc) is 1.61. The van der Waals surface area contributed by atoms with Crippen molar-refractivity contribution in [1.82, 2.24) is 49.9 Å². The number of aryl methyl sites for hydroxylation is 2. The fourth-order valence-corrected chi connectivity index (χ4v) is 21.5. The van der Waals surface area contributed by atoms with Gasteiger partial charge in [0.15, 0.2) is 43.8 Å². The quantitative estimate of drug-likeness (QED) is 0.0385. The molecule has 3 N–H and O–H groups in total. The number of aromatic nitrogens is 2. The number of methoxy groups -OCH3 is 3. The summed E-state index contributed by atoms with van der Waals surface area (Å²) in [5.74, 6) is 4.26. The normalized spacial score (nSPS) is 16.8. The fourth-order valence-electron chi connectivity index (χ4n) is 18.8. The van der Waals surface area contributed by atoms with E-state index in [4.69, 9.17) is 45.5 Å². The number of carbonyl (C=O) groups is 4. The summed E-state index contributed by atoms with van der Waals surface area (Å²) in [4.78, 5) is 74.6. The summed E-state index contributed by atoms with van der Waals surface area (Å²) in [6, 6.07) is 72.5. The number of aliphatic imine (C=N–C) groups is 1. The Kier molecular flexibility index (Phi) is 39.1. The molecular weight excluding hydrogens is 1930 g/mol. The lowest BCUT2D eigenvalue weighted by atomic mass is 9.85. The van der Waals surface area contributed by atoms with Crippen LogP contribution in [0.4, 0.5) is 11.4 Å². The van der Waals surface area contributed by atoms with Gasteiger partial charge in [0.25, 0.3) is 0 Å². The Morgan fingerprint density at radius 3 is 1.97 bits per heavy atom. The molecule has 25 nitrogen and oxygen atoms in total. The number of hydrazone groups is 1. The number of hydrogen-bond donors (Lipinski definition) is 3. The molecule has 149 heavy (non-hydrogen) atoms. The van der Waals surface area contributed by atoms with Crippen LogP contribution in [0.1, 0.15) is 126 Å². The Morgan fingerprint density at radius 2 is 1.31 bits per heavy atom. The number of nitrogens with one attached hydrogen (secondary N) is 3. The molecule has 8 heterocycles. The highest BCUT2D eigenvalue weighted by Crippen LogP contribution is 2.41. The van der Waals surface area contributed by atoms with Gasteiger partial charge in [-0.25, -0.2) is 18.4 Å². The van der Waals surface area contributed by atoms with Gasteiger partial charge in [-0.3, -0.25) is 49.2 Å². The van der Waals surface area contributed by atoms with E-state index in [2.05, 4.69) is 202 Å². The van der Waals surface area contributed by atoms with Crippen LogP contribution in [-0.2, 0) is 72.7 Å². The van der Waals surface area contributed by atoms with Crippen LogP contribution in [0.3, 0.4) is 0 Å². The van der Waals surface area contributed by atoms with Crippen molar-refractivity contribution >= 4 is 113 Å². The number of halogens is 1. The second-order valence-corrected chi connectivity index (χ2v) is 41.7. The van der Waals surface area contributed by atoms with Crippen LogP contribution in [0.15, 0.2) is 319 Å². The molecule has 3 unspecified atom stereocenters. The molecule has 0 bridgehead atoms. The summed E-state index contributed by atoms with van der Waals surface area (Å²) in [6.45, 7) is 39.6. The molecule has 3 atom stereocenters. The predicted octanol–water partition coefficient (Wildman–Crippen LogP) is 22.4. The molecule has 2 aromatic heterocycles. The lowest BCUT2D eigenvalue weighted by Crippen LogP contribution is -2.46. The van der Waals surface area contributed by atoms with E-state index in [0.29, 0.717) is 88.6 Å². The van der Waals surface area contributed by atoms with Gasteiger partial charge in [-0.2, -0.15) is 10.4 Å². The Balaban J connectivity index is 0.000000149. The van der Waals surface area contributed by atoms with Gasteiger partial charge in [-0.05, 0) is 190 Å². The molecule has 1 aliphatic carbocycles. The van der Waals surface area contributed by atoms with Crippen molar-refractivity contribution < 1.29 is 51.3 Å². The van der Waals surface area contributed by atoms with E-state index in [9.17, 15) is 27.6 Å². The van der Waals surface area contributed by atoms with Gasteiger partial charge < -0.3 is 43.5 Å². The number of aromatic amines is 2. The number of ether oxygens (including phenoxy) is 5. The van der Waals surface area contributed by atoms with E-state index >= 15 is 0 Å². The Morgan fingerprint density at radius 1 is 0.664 bits per heavy atom. The number of carbonyl (C=O) groups excluding carboxylic acids is 4. The van der Waals surface area contributed by atoms with E-state index in [1.165, 1.54) is 91.5 Å². The number of H-pyrrole nitrogens is 2. The van der Waals surface area contributed by atoms with E-state index in [0.717, 1.165) is 145 Å². The van der Waals surface area contributed by atoms with E-state index < -0.39 is 9.84 Å². The van der Waals surface area contributed by atoms with Crippen molar-refractivity contribution in [3.63, 3.8) is 0 Å². The summed E-state index contributed by atoms with van der Waals surface area (Å²) in [6.07, 6.45) is 19.0. The zero-order valence-electron chi connectivity index (χ0n) is 86.6. The zero-order valence-corrected chi connectivity index (χ0v) is 89.0. The number of nitriles is 1. The number of benzene rings is 10. The predicted molar refractivity (Wildman–Crippen MR) is 605 cm³/mol. The number of ketones is 2. The number of nitrogens with zero attached hydrogens (tertiary/aromatic N) is 11. The number of allylic oxidation sites excluding steroid dienone is 5. The maximum Gasteiger partial charge on any atom is 0.239 e. The molecule has 6 aliphatic heterocycles. The van der Waals surface area contributed by atoms with Crippen molar-refractivity contribution in [3.05, 3.63) is 382 Å². The second-order valence-electron chi connectivity index (χ2n) is 38.4. The number of amidine groups is 1. The summed E-state index contributed by atoms with van der Waals surface area (Å²) in [7, 11) is 7.51. The molecule has 776 valence electrons. The molecule has 0 saturated carbocycles. The first-order valence-electron chi connectivity index (χ1n) is 49.6. The first-order valence-corrected chi connectivity index (χ1v) is 52.6. The molecule has 4 fully saturated rings. The third-order valence-electron chi connectivity index (χ3n) is 27.0. The number of para-hydroxylation sites is 2. The van der Waals surface area contributed by atoms with Crippen LogP contribution >= 0.6 is 23.4 Å². The van der Waals surface area contributed by atoms with Crippen molar-refractivity contribution in [2.45, 2.75) is 122 Å². The Bertz CT molecular complexity index is 7100. The van der Waals surface area contributed by atoms with Gasteiger partial charge in [-0.15, -0.1) is 0 Å². The van der Waals surface area contributed by atoms with E-state index in [-0.39, 0.29) is 60.0 Å². The minimum atomic E-state index is -3.41. The van der Waals surface area contributed by atoms with Crippen molar-refractivity contribution in [2.24, 2.45) is 16.0 Å². The van der Waals surface area contributed by atoms with Crippen LogP contribution in [0.2, 0.25) is 5.02 Å². The number of hydrogen-bond acceptors (Lipinski definition) is 22. The maximum atomic E-state index is 12.7. The van der Waals surface area contributed by atoms with Crippen molar-refractivity contribution in [3.8, 4) is 34.8 Å². The first kappa shape index (κ1) is 111. The number of sulfone groups is 1. The second kappa shape index (κ2) is 52.2. The minimum Gasteiger partial charge on any atom is -0.496 e. The number of likely N-dealkylation sites (N-methyl/N-ethyl adjacent to an activating group) is 1. The Labute approximate surface area is 887 Å². The molecule has 12 aromatic rings. The van der Waals surface area contributed by atoms with Gasteiger partial charge in [0.05, 0.1) is 78.8 Å². The van der Waals surface area contributed by atoms with Crippen LogP contribution in [0.25, 0.3) is 33.8 Å². The molecular formula is C121H137ClN14O11S2. The average molecular weight is 2060 g/mol. The molecule has 0 spiro atoms. The third-order valence-corrected chi connectivity index (χ3v) is 30.0. The number of hydrazine groups is 1. The minimum absolute atomic E-state index is 0. The maximum absolute atomic E-state index is 12.7. The Hall–Kier alpha value is -14.8. The van der Waals surface area contributed by atoms with Gasteiger partial charge in [-0.1, -0.05) is 235 Å². The highest BCUT2D eigenvalue weighted by atomic mass is 35.5. The monoisotopic (exact) mass is 2060 g/mol. The standard InChI is InChI=1S/C23H28N2O3S.C21H23N3O2.C20H25N3O2.C20H25N3.C18H19ClN2O2.C18H13NO2S.CH4/c1-23(2,3)17-7-9-18(10-8-17)24-22-25(21(26)15-29-22)13-12-16-6-11-19(27-4)20(14-16)28-5;1-2-4-19-18(3-1)17(12-22-19)14-24-9-7-23(8-10-24)13-16-5-6-20-21(11-16)26-15-25-20;1-22(2)17-9-7-10-18-20(17)16(21-23(18)3)13-15(24)12-14-8-5-6-11-19(14)25-4;1-4-19-17(14-21-20(19)5-2)15-22-10-12-23(13-11-22)18-8-6-16(3)7-9-18;1-5-13(18(23)6-2)16-10-17(21(20-16)12(4)22)14-8-7-11(3)9-15(14)19;19-12-14-5-7-15(8-6-14)13-22(20,21)18-10-9-16-3-1-2-4-17(16)11-18;/h6-11,14H,12-13,15H2,1-5H3;1-6,11-12,22H,7-10,13-15H2;5-11,18,20H,12-13H2,1-4H3;4-9,14,21H,1-2,10-13,15H2,3H3;5-9,17,20H,1-2,10H2,3-4H3;1-11H,13H2;1H4. The fraction of sp³-hybridized carbons (Fsp3) is 0.298. The summed E-state index contributed by atoms with van der Waals surface area (Å²) < 4.78 is 52.0. The number of amides is 2. The smallest absolute Gasteiger partial charge is 0.239 e. The SMILES string of the molecule is C.C=CC(=O)C(C=C)=C1CC(c2ccc(C)cc2Cl)N(C(C)=O)N1.C=Cc1[nH]cc(CN2CCN(c3ccc(C)cc3)CC2)c1C=C.COc1ccc(CCN2C(=O)CSC2=Nc2ccc(C(C)(C)C)cc2)cc1OC.COc1ccccc1CC(=O)CC1=NN(C)C2C=CC=C(N(C)C)C12.N#Cc1ccc(CS(=O)(=O)c2ccc3ccccc3c2)cc1.c1ccc2c(CN3CCN(Cc4ccc5c(c4)OCO5)CC3)c[nH]c2c1. The van der Waals surface area contributed by atoms with E-state index in [1.54, 1.807) is 62.6 Å². The number of thioether (sulfide) groups is 1. The largest absolute Gasteiger partial charge is 0.496 e. The number of rotatable bonds is 28. The number of anilines is 1. The summed E-state index contributed by atoms with van der Waals surface area (Å²) >= 11 is 7.84. The lowest BCUT2D eigenvalue weighted by molar-refractivity contribution is -0.132. The summed E-state index contributed by atoms with van der Waals surface area (Å²) in [5, 5.41) is 21.5. The molecule has 10 aromatic carbocycles. The first-order chi connectivity index (χ1) is 71.3. The molecule has 28 heteroatoms. The molecule has 4 saturated heterocycles. The van der Waals surface area contributed by atoms with Gasteiger partial charge >= 0.3 is 0 Å². The highest BCUT2D eigenvalue weighted by molar-refractivity contribution is 8.15. The molecule has 0 radical (unpaired) electrons. The summed E-state index contributed by atoms with van der Waals surface area (Å²) in [5.41, 5.74) is 23.6. The third kappa shape index (κ3) is 29.0.